The predicted octanol–water partition coefficient (Wildman–Crippen LogP) is 3.31. The minimum absolute atomic E-state index is 0.154. The van der Waals surface area contributed by atoms with Crippen LogP contribution in [-0.4, -0.2) is 43.5 Å². The van der Waals surface area contributed by atoms with E-state index in [9.17, 15) is 9.59 Å². The lowest BCUT2D eigenvalue weighted by Gasteiger charge is -2.28. The van der Waals surface area contributed by atoms with Crippen LogP contribution in [0.5, 0.6) is 11.5 Å². The van der Waals surface area contributed by atoms with Crippen LogP contribution in [0.15, 0.2) is 46.9 Å². The third kappa shape index (κ3) is 5.73. The Morgan fingerprint density at radius 2 is 1.79 bits per heavy atom. The van der Waals surface area contributed by atoms with Crippen LogP contribution in [0.2, 0.25) is 0 Å². The summed E-state index contributed by atoms with van der Waals surface area (Å²) < 4.78 is 11.8. The summed E-state index contributed by atoms with van der Waals surface area (Å²) >= 11 is 3.44. The van der Waals surface area contributed by atoms with Crippen molar-refractivity contribution in [1.29, 1.82) is 0 Å². The Morgan fingerprint density at radius 3 is 2.36 bits per heavy atom. The van der Waals surface area contributed by atoms with Gasteiger partial charge in [0.1, 0.15) is 17.5 Å². The maximum atomic E-state index is 12.8. The zero-order valence-corrected chi connectivity index (χ0v) is 18.1. The molecule has 0 heterocycles. The first kappa shape index (κ1) is 21.8. The van der Waals surface area contributed by atoms with Crippen LogP contribution in [0.1, 0.15) is 18.1 Å². The highest BCUT2D eigenvalue weighted by Crippen LogP contribution is 2.22. The number of ether oxygens (including phenoxy) is 2. The first-order valence-corrected chi connectivity index (χ1v) is 9.68. The molecule has 150 valence electrons. The van der Waals surface area contributed by atoms with E-state index in [4.69, 9.17) is 9.47 Å². The van der Waals surface area contributed by atoms with Gasteiger partial charge >= 0.3 is 0 Å². The minimum Gasteiger partial charge on any atom is -0.497 e. The largest absolute Gasteiger partial charge is 0.497 e. The van der Waals surface area contributed by atoms with Gasteiger partial charge in [0.25, 0.3) is 5.91 Å². The van der Waals surface area contributed by atoms with Gasteiger partial charge in [0.15, 0.2) is 6.61 Å². The fourth-order valence-corrected chi connectivity index (χ4v) is 2.90. The summed E-state index contributed by atoms with van der Waals surface area (Å²) in [6.07, 6.45) is 0. The van der Waals surface area contributed by atoms with Crippen molar-refractivity contribution in [2.24, 2.45) is 0 Å². The van der Waals surface area contributed by atoms with E-state index in [0.29, 0.717) is 12.3 Å². The SMILES string of the molecule is CNC(=O)[C@@H](C)N(Cc1ccc(OC)cc1)C(=O)COc1ccc(Br)c(C)c1. The van der Waals surface area contributed by atoms with Gasteiger partial charge in [0, 0.05) is 18.1 Å². The Labute approximate surface area is 174 Å². The number of hydrogen-bond donors (Lipinski definition) is 1. The predicted molar refractivity (Wildman–Crippen MR) is 111 cm³/mol. The summed E-state index contributed by atoms with van der Waals surface area (Å²) in [5.41, 5.74) is 1.91. The molecule has 0 unspecified atom stereocenters. The lowest BCUT2D eigenvalue weighted by atomic mass is 10.1. The topological polar surface area (TPSA) is 67.9 Å². The molecule has 0 aromatic heterocycles. The highest BCUT2D eigenvalue weighted by Gasteiger charge is 2.25. The average molecular weight is 449 g/mol. The summed E-state index contributed by atoms with van der Waals surface area (Å²) in [7, 11) is 3.15. The number of methoxy groups -OCH3 is 1. The van der Waals surface area contributed by atoms with Crippen LogP contribution in [0.3, 0.4) is 0 Å². The second-order valence-corrected chi connectivity index (χ2v) is 7.21. The highest BCUT2D eigenvalue weighted by atomic mass is 79.9. The van der Waals surface area contributed by atoms with E-state index < -0.39 is 6.04 Å². The van der Waals surface area contributed by atoms with Gasteiger partial charge in [-0.15, -0.1) is 0 Å². The van der Waals surface area contributed by atoms with Gasteiger partial charge in [-0.3, -0.25) is 9.59 Å². The molecule has 0 fully saturated rings. The van der Waals surface area contributed by atoms with Gasteiger partial charge < -0.3 is 19.7 Å². The molecule has 1 atom stereocenters. The van der Waals surface area contributed by atoms with E-state index >= 15 is 0 Å². The number of carbonyl (C=O) groups excluding carboxylic acids is 2. The molecule has 0 aliphatic rings. The molecule has 1 N–H and O–H groups in total. The molecule has 0 bridgehead atoms. The first-order valence-electron chi connectivity index (χ1n) is 8.88. The van der Waals surface area contributed by atoms with Crippen LogP contribution in [-0.2, 0) is 16.1 Å². The van der Waals surface area contributed by atoms with Gasteiger partial charge in [-0.25, -0.2) is 0 Å². The second kappa shape index (κ2) is 10.1. The van der Waals surface area contributed by atoms with E-state index in [-0.39, 0.29) is 18.4 Å². The maximum absolute atomic E-state index is 12.8. The normalized spacial score (nSPS) is 11.5. The molecule has 2 rings (SSSR count). The zero-order valence-electron chi connectivity index (χ0n) is 16.5. The summed E-state index contributed by atoms with van der Waals surface area (Å²) in [5.74, 6) is 0.829. The third-order valence-electron chi connectivity index (χ3n) is 4.42. The Bertz CT molecular complexity index is 824. The lowest BCUT2D eigenvalue weighted by Crippen LogP contribution is -2.48. The number of nitrogens with one attached hydrogen (secondary N) is 1. The minimum atomic E-state index is -0.630. The van der Waals surface area contributed by atoms with E-state index in [1.54, 1.807) is 27.1 Å². The first-order chi connectivity index (χ1) is 13.3. The molecule has 0 saturated carbocycles. The van der Waals surface area contributed by atoms with Gasteiger partial charge in [0.05, 0.1) is 7.11 Å². The van der Waals surface area contributed by atoms with Gasteiger partial charge in [-0.1, -0.05) is 28.1 Å². The lowest BCUT2D eigenvalue weighted by molar-refractivity contribution is -0.142. The molecule has 2 aromatic rings. The third-order valence-corrected chi connectivity index (χ3v) is 5.31. The number of benzene rings is 2. The number of aryl methyl sites for hydroxylation is 1. The highest BCUT2D eigenvalue weighted by molar-refractivity contribution is 9.10. The number of amides is 2. The summed E-state index contributed by atoms with van der Waals surface area (Å²) in [5, 5.41) is 2.59. The Morgan fingerprint density at radius 1 is 1.14 bits per heavy atom. The van der Waals surface area contributed by atoms with Crippen LogP contribution < -0.4 is 14.8 Å². The summed E-state index contributed by atoms with van der Waals surface area (Å²) in [6.45, 7) is 3.78. The molecule has 28 heavy (non-hydrogen) atoms. The molecule has 0 aliphatic heterocycles. The van der Waals surface area contributed by atoms with Crippen LogP contribution in [0, 0.1) is 6.92 Å². The van der Waals surface area contributed by atoms with E-state index in [0.717, 1.165) is 21.3 Å². The van der Waals surface area contributed by atoms with Crippen LogP contribution in [0.25, 0.3) is 0 Å². The average Bonchev–Trinajstić information content (AvgIpc) is 2.71. The monoisotopic (exact) mass is 448 g/mol. The van der Waals surface area contributed by atoms with Gasteiger partial charge in [-0.05, 0) is 55.3 Å². The number of rotatable bonds is 8. The number of hydrogen-bond acceptors (Lipinski definition) is 4. The summed E-state index contributed by atoms with van der Waals surface area (Å²) in [6, 6.07) is 12.3. The fraction of sp³-hybridized carbons (Fsp3) is 0.333. The Hall–Kier alpha value is -2.54. The van der Waals surface area contributed by atoms with E-state index in [1.165, 1.54) is 4.90 Å². The number of carbonyl (C=O) groups is 2. The van der Waals surface area contributed by atoms with E-state index in [1.807, 2.05) is 43.3 Å². The number of halogens is 1. The van der Waals surface area contributed by atoms with Crippen molar-refractivity contribution in [3.05, 3.63) is 58.1 Å². The molecular formula is C21H25BrN2O4. The van der Waals surface area contributed by atoms with Crippen LogP contribution >= 0.6 is 15.9 Å². The molecule has 6 nitrogen and oxygen atoms in total. The molecule has 2 amide bonds. The smallest absolute Gasteiger partial charge is 0.261 e. The quantitative estimate of drug-likeness (QED) is 0.672. The molecule has 0 aliphatic carbocycles. The molecule has 0 radical (unpaired) electrons. The molecule has 0 spiro atoms. The van der Waals surface area contributed by atoms with Crippen molar-refractivity contribution in [3.8, 4) is 11.5 Å². The van der Waals surface area contributed by atoms with E-state index in [2.05, 4.69) is 21.2 Å². The van der Waals surface area contributed by atoms with Crippen molar-refractivity contribution < 1.29 is 19.1 Å². The molecule has 0 saturated heterocycles. The Kier molecular flexibility index (Phi) is 7.87. The fourth-order valence-electron chi connectivity index (χ4n) is 2.65. The summed E-state index contributed by atoms with van der Waals surface area (Å²) in [4.78, 5) is 26.5. The number of likely N-dealkylation sites (N-methyl/N-ethyl adjacent to an activating group) is 1. The van der Waals surface area contributed by atoms with Gasteiger partial charge in [-0.2, -0.15) is 0 Å². The van der Waals surface area contributed by atoms with Crippen LogP contribution in [0.4, 0.5) is 0 Å². The Balaban J connectivity index is 2.13. The zero-order chi connectivity index (χ0) is 20.7. The van der Waals surface area contributed by atoms with Crippen molar-refractivity contribution in [2.75, 3.05) is 20.8 Å². The van der Waals surface area contributed by atoms with Crippen molar-refractivity contribution in [3.63, 3.8) is 0 Å². The molecule has 7 heteroatoms. The maximum Gasteiger partial charge on any atom is 0.261 e. The van der Waals surface area contributed by atoms with Crippen molar-refractivity contribution in [2.45, 2.75) is 26.4 Å². The second-order valence-electron chi connectivity index (χ2n) is 6.36. The standard InChI is InChI=1S/C21H25BrN2O4/c1-14-11-18(9-10-19(14)22)28-13-20(25)24(15(2)21(26)23-3)12-16-5-7-17(27-4)8-6-16/h5-11,15H,12-13H2,1-4H3,(H,23,26)/t15-/m1/s1. The molecular weight excluding hydrogens is 424 g/mol. The number of nitrogens with zero attached hydrogens (tertiary/aromatic N) is 1. The van der Waals surface area contributed by atoms with Crippen molar-refractivity contribution in [1.82, 2.24) is 10.2 Å². The van der Waals surface area contributed by atoms with Gasteiger partial charge in [0.2, 0.25) is 5.91 Å². The molecule has 2 aromatic carbocycles. The van der Waals surface area contributed by atoms with Crippen molar-refractivity contribution >= 4 is 27.7 Å².